The van der Waals surface area contributed by atoms with Crippen LogP contribution in [0, 0.1) is 0 Å². The summed E-state index contributed by atoms with van der Waals surface area (Å²) in [6.45, 7) is 0. The fourth-order valence-corrected chi connectivity index (χ4v) is 3.25. The quantitative estimate of drug-likeness (QED) is 0.241. The first kappa shape index (κ1) is 16.8. The summed E-state index contributed by atoms with van der Waals surface area (Å²) in [6.07, 6.45) is 0.738. The molecular weight excluding hydrogens is 362 g/mol. The molecule has 1 heterocycles. The SMILES string of the molecule is O=Cc1cc(N=C=S)ccc1-c1c2ccc(=O)cc-2oc2cc(O)ccc12. The highest BCUT2D eigenvalue weighted by atomic mass is 32.1. The summed E-state index contributed by atoms with van der Waals surface area (Å²) in [4.78, 5) is 27.4. The molecule has 2 aromatic rings. The zero-order valence-corrected chi connectivity index (χ0v) is 14.6. The molecular formula is C21H11NO4S. The number of phenols is 1. The maximum Gasteiger partial charge on any atom is 0.182 e. The van der Waals surface area contributed by atoms with E-state index >= 15 is 0 Å². The van der Waals surface area contributed by atoms with Crippen LogP contribution < -0.4 is 5.43 Å². The van der Waals surface area contributed by atoms with Crippen molar-refractivity contribution < 1.29 is 14.3 Å². The normalized spacial score (nSPS) is 10.7. The molecule has 5 nitrogen and oxygen atoms in total. The second-order valence-corrected chi connectivity index (χ2v) is 6.09. The zero-order chi connectivity index (χ0) is 19.0. The molecule has 1 aliphatic heterocycles. The largest absolute Gasteiger partial charge is 0.508 e. The molecule has 0 saturated heterocycles. The third-order valence-electron chi connectivity index (χ3n) is 4.28. The Morgan fingerprint density at radius 1 is 1.04 bits per heavy atom. The van der Waals surface area contributed by atoms with Crippen molar-refractivity contribution in [3.63, 3.8) is 0 Å². The van der Waals surface area contributed by atoms with Crippen LogP contribution in [0.25, 0.3) is 33.4 Å². The minimum Gasteiger partial charge on any atom is -0.508 e. The number of isothiocyanates is 1. The van der Waals surface area contributed by atoms with Gasteiger partial charge in [0.1, 0.15) is 17.1 Å². The highest BCUT2D eigenvalue weighted by Crippen LogP contribution is 2.42. The number of nitrogens with zero attached hydrogens (tertiary/aromatic N) is 1. The number of fused-ring (bicyclic) bond motifs is 2. The Hall–Kier alpha value is -3.60. The Balaban J connectivity index is 2.16. The van der Waals surface area contributed by atoms with Gasteiger partial charge in [0.2, 0.25) is 0 Å². The van der Waals surface area contributed by atoms with E-state index in [-0.39, 0.29) is 11.2 Å². The molecule has 0 radical (unpaired) electrons. The van der Waals surface area contributed by atoms with Crippen LogP contribution >= 0.6 is 12.2 Å². The van der Waals surface area contributed by atoms with Gasteiger partial charge in [-0.3, -0.25) is 9.59 Å². The zero-order valence-electron chi connectivity index (χ0n) is 13.8. The molecule has 27 heavy (non-hydrogen) atoms. The number of aliphatic imine (C=N–C) groups is 1. The van der Waals surface area contributed by atoms with Crippen LogP contribution in [0.1, 0.15) is 10.4 Å². The van der Waals surface area contributed by atoms with Gasteiger partial charge >= 0.3 is 0 Å². The van der Waals surface area contributed by atoms with E-state index in [9.17, 15) is 14.7 Å². The molecule has 0 saturated carbocycles. The number of phenolic OH excluding ortho intramolecular Hbond substituents is 1. The van der Waals surface area contributed by atoms with Gasteiger partial charge in [0.25, 0.3) is 0 Å². The number of aldehydes is 1. The van der Waals surface area contributed by atoms with Crippen LogP contribution in [0.15, 0.2) is 68.8 Å². The number of carbonyl (C=O) groups excluding carboxylic acids is 1. The fraction of sp³-hybridized carbons (Fsp3) is 0. The van der Waals surface area contributed by atoms with Crippen LogP contribution in [-0.4, -0.2) is 16.6 Å². The second-order valence-electron chi connectivity index (χ2n) is 5.91. The van der Waals surface area contributed by atoms with Crippen molar-refractivity contribution in [1.29, 1.82) is 0 Å². The average molecular weight is 373 g/mol. The molecule has 1 N–H and O–H groups in total. The van der Waals surface area contributed by atoms with Gasteiger partial charge in [-0.1, -0.05) is 6.07 Å². The summed E-state index contributed by atoms with van der Waals surface area (Å²) >= 11 is 4.62. The number of hydrogen-bond acceptors (Lipinski definition) is 6. The lowest BCUT2D eigenvalue weighted by atomic mass is 9.91. The molecule has 0 spiro atoms. The van der Waals surface area contributed by atoms with Gasteiger partial charge in [0.15, 0.2) is 11.7 Å². The highest BCUT2D eigenvalue weighted by molar-refractivity contribution is 7.78. The summed E-state index contributed by atoms with van der Waals surface area (Å²) in [6, 6.07) is 14.3. The molecule has 0 aromatic heterocycles. The van der Waals surface area contributed by atoms with E-state index in [0.29, 0.717) is 39.1 Å². The summed E-state index contributed by atoms with van der Waals surface area (Å²) in [5.41, 5.74) is 3.20. The Morgan fingerprint density at radius 2 is 1.85 bits per heavy atom. The smallest absolute Gasteiger partial charge is 0.182 e. The van der Waals surface area contributed by atoms with Gasteiger partial charge in [-0.2, -0.15) is 4.99 Å². The van der Waals surface area contributed by atoms with Gasteiger partial charge < -0.3 is 9.52 Å². The van der Waals surface area contributed by atoms with Crippen LogP contribution in [0.4, 0.5) is 5.69 Å². The van der Waals surface area contributed by atoms with Gasteiger partial charge in [-0.15, -0.1) is 0 Å². The molecule has 0 unspecified atom stereocenters. The molecule has 0 atom stereocenters. The van der Waals surface area contributed by atoms with Crippen LogP contribution in [0.3, 0.4) is 0 Å². The maximum absolute atomic E-state index is 11.8. The van der Waals surface area contributed by atoms with E-state index in [2.05, 4.69) is 22.4 Å². The van der Waals surface area contributed by atoms with Gasteiger partial charge in [0, 0.05) is 34.2 Å². The molecule has 130 valence electrons. The molecule has 4 rings (SSSR count). The summed E-state index contributed by atoms with van der Waals surface area (Å²) < 4.78 is 5.82. The number of aromatic hydroxyl groups is 1. The van der Waals surface area contributed by atoms with Crippen molar-refractivity contribution in [2.75, 3.05) is 0 Å². The maximum atomic E-state index is 11.8. The first-order valence-corrected chi connectivity index (χ1v) is 8.38. The predicted octanol–water partition coefficient (Wildman–Crippen LogP) is 4.82. The topological polar surface area (TPSA) is 79.9 Å². The van der Waals surface area contributed by atoms with Crippen molar-refractivity contribution in [3.05, 3.63) is 70.4 Å². The van der Waals surface area contributed by atoms with Crippen LogP contribution in [-0.2, 0) is 0 Å². The molecule has 2 aliphatic rings. The van der Waals surface area contributed by atoms with Gasteiger partial charge in [-0.05, 0) is 54.2 Å². The second kappa shape index (κ2) is 6.61. The monoisotopic (exact) mass is 373 g/mol. The number of carbonyl (C=O) groups is 1. The van der Waals surface area contributed by atoms with Crippen LogP contribution in [0.2, 0.25) is 0 Å². The molecule has 1 aliphatic carbocycles. The van der Waals surface area contributed by atoms with Crippen LogP contribution in [0.5, 0.6) is 5.75 Å². The number of hydrogen-bond donors (Lipinski definition) is 1. The molecule has 0 bridgehead atoms. The first-order valence-electron chi connectivity index (χ1n) is 7.98. The number of thiocarbonyl (C=S) groups is 1. The van der Waals surface area contributed by atoms with Gasteiger partial charge in [0.05, 0.1) is 10.8 Å². The van der Waals surface area contributed by atoms with E-state index in [1.54, 1.807) is 36.4 Å². The lowest BCUT2D eigenvalue weighted by Crippen LogP contribution is -2.00. The average Bonchev–Trinajstić information content (AvgIpc) is 2.66. The highest BCUT2D eigenvalue weighted by Gasteiger charge is 2.19. The van der Waals surface area contributed by atoms with Gasteiger partial charge in [-0.25, -0.2) is 0 Å². The predicted molar refractivity (Wildman–Crippen MR) is 106 cm³/mol. The third-order valence-corrected chi connectivity index (χ3v) is 4.37. The van der Waals surface area contributed by atoms with E-state index in [4.69, 9.17) is 4.42 Å². The fourth-order valence-electron chi connectivity index (χ4n) is 3.15. The molecule has 2 aromatic carbocycles. The van der Waals surface area contributed by atoms with E-state index in [1.165, 1.54) is 18.2 Å². The van der Waals surface area contributed by atoms with Crippen molar-refractivity contribution in [1.82, 2.24) is 0 Å². The Morgan fingerprint density at radius 3 is 2.63 bits per heavy atom. The lowest BCUT2D eigenvalue weighted by Gasteiger charge is -2.16. The number of benzene rings is 3. The van der Waals surface area contributed by atoms with Crippen molar-refractivity contribution >= 4 is 40.3 Å². The Bertz CT molecular complexity index is 1290. The Labute approximate surface area is 158 Å². The first-order chi connectivity index (χ1) is 13.1. The number of rotatable bonds is 3. The lowest BCUT2D eigenvalue weighted by molar-refractivity contribution is 0.112. The molecule has 6 heteroatoms. The summed E-state index contributed by atoms with van der Waals surface area (Å²) in [7, 11) is 0. The molecule has 0 fully saturated rings. The third kappa shape index (κ3) is 2.93. The van der Waals surface area contributed by atoms with E-state index in [1.807, 2.05) is 0 Å². The van der Waals surface area contributed by atoms with Crippen molar-refractivity contribution in [2.24, 2.45) is 4.99 Å². The summed E-state index contributed by atoms with van der Waals surface area (Å²) in [5.74, 6) is 0.407. The standard InChI is InChI=1S/C21H11NO4S/c23-10-12-7-13(22-11-27)1-4-16(12)21-17-5-2-14(24)8-19(17)26-20-9-15(25)3-6-18(20)21/h1-10,24H. The summed E-state index contributed by atoms with van der Waals surface area (Å²) in [5, 5.41) is 12.8. The molecule has 0 amide bonds. The van der Waals surface area contributed by atoms with Crippen molar-refractivity contribution in [3.8, 4) is 28.2 Å². The van der Waals surface area contributed by atoms with E-state index in [0.717, 1.165) is 11.8 Å². The van der Waals surface area contributed by atoms with Crippen molar-refractivity contribution in [2.45, 2.75) is 0 Å². The minimum atomic E-state index is -0.196. The van der Waals surface area contributed by atoms with E-state index < -0.39 is 0 Å². The minimum absolute atomic E-state index is 0.0381. The Kier molecular flexibility index (Phi) is 4.12.